The number of benzene rings is 2. The number of rotatable bonds is 6. The summed E-state index contributed by atoms with van der Waals surface area (Å²) in [4.78, 5) is 25.6. The van der Waals surface area contributed by atoms with Crippen molar-refractivity contribution in [3.63, 3.8) is 0 Å². The van der Waals surface area contributed by atoms with E-state index in [-0.39, 0.29) is 19.1 Å². The maximum atomic E-state index is 12.1. The van der Waals surface area contributed by atoms with Gasteiger partial charge in [-0.2, -0.15) is 0 Å². The minimum Gasteiger partial charge on any atom is -0.484 e. The van der Waals surface area contributed by atoms with Gasteiger partial charge < -0.3 is 14.8 Å². The van der Waals surface area contributed by atoms with Crippen LogP contribution in [0.4, 0.5) is 10.5 Å². The molecule has 6 nitrogen and oxygen atoms in total. The van der Waals surface area contributed by atoms with Crippen LogP contribution in [-0.4, -0.2) is 37.8 Å². The van der Waals surface area contributed by atoms with Crippen LogP contribution in [0.1, 0.15) is 11.1 Å². The predicted molar refractivity (Wildman–Crippen MR) is 103 cm³/mol. The van der Waals surface area contributed by atoms with Crippen LogP contribution in [0.25, 0.3) is 0 Å². The van der Waals surface area contributed by atoms with Crippen molar-refractivity contribution in [2.24, 2.45) is 0 Å². The first-order valence-corrected chi connectivity index (χ1v) is 9.00. The summed E-state index contributed by atoms with van der Waals surface area (Å²) in [5, 5.41) is 3.33. The van der Waals surface area contributed by atoms with Crippen LogP contribution in [0.15, 0.2) is 42.5 Å². The number of hydrogen-bond donors (Lipinski definition) is 1. The second-order valence-electron chi connectivity index (χ2n) is 6.43. The van der Waals surface area contributed by atoms with Crippen LogP contribution < -0.4 is 15.0 Å². The molecule has 142 valence electrons. The Hall–Kier alpha value is -2.73. The number of amides is 2. The highest BCUT2D eigenvalue weighted by atomic mass is 35.5. The van der Waals surface area contributed by atoms with Gasteiger partial charge in [-0.1, -0.05) is 17.7 Å². The molecular weight excluding hydrogens is 368 g/mol. The number of carbonyl (C=O) groups is 2. The fraction of sp³-hybridized carbons (Fsp3) is 0.300. The highest BCUT2D eigenvalue weighted by Crippen LogP contribution is 2.24. The summed E-state index contributed by atoms with van der Waals surface area (Å²) in [6, 6.07) is 12.6. The molecule has 0 saturated carbocycles. The minimum atomic E-state index is -0.407. The van der Waals surface area contributed by atoms with Gasteiger partial charge in [0.15, 0.2) is 6.61 Å². The molecule has 1 atom stereocenters. The summed E-state index contributed by atoms with van der Waals surface area (Å²) >= 11 is 5.80. The molecule has 0 radical (unpaired) electrons. The van der Waals surface area contributed by atoms with Crippen molar-refractivity contribution < 1.29 is 19.1 Å². The average Bonchev–Trinajstić information content (AvgIpc) is 3.02. The average molecular weight is 389 g/mol. The van der Waals surface area contributed by atoms with Gasteiger partial charge >= 0.3 is 6.09 Å². The molecule has 1 unspecified atom stereocenters. The van der Waals surface area contributed by atoms with E-state index in [1.165, 1.54) is 0 Å². The lowest BCUT2D eigenvalue weighted by Gasteiger charge is -2.14. The second kappa shape index (κ2) is 8.31. The van der Waals surface area contributed by atoms with Gasteiger partial charge in [0.2, 0.25) is 0 Å². The van der Waals surface area contributed by atoms with Gasteiger partial charge in [0, 0.05) is 10.7 Å². The Morgan fingerprint density at radius 3 is 2.67 bits per heavy atom. The van der Waals surface area contributed by atoms with Crippen LogP contribution >= 0.6 is 11.6 Å². The van der Waals surface area contributed by atoms with Crippen molar-refractivity contribution >= 4 is 29.3 Å². The molecule has 0 aliphatic carbocycles. The second-order valence-corrected chi connectivity index (χ2v) is 6.87. The van der Waals surface area contributed by atoms with Gasteiger partial charge in [-0.3, -0.25) is 9.69 Å². The molecule has 1 aliphatic heterocycles. The van der Waals surface area contributed by atoms with Crippen LogP contribution in [0.2, 0.25) is 5.02 Å². The molecular formula is C20H21ClN2O4. The monoisotopic (exact) mass is 388 g/mol. The highest BCUT2D eigenvalue weighted by Gasteiger charge is 2.32. The van der Waals surface area contributed by atoms with Gasteiger partial charge in [0.25, 0.3) is 5.91 Å². The van der Waals surface area contributed by atoms with Crippen LogP contribution in [-0.2, 0) is 9.53 Å². The molecule has 2 amide bonds. The largest absolute Gasteiger partial charge is 0.484 e. The lowest BCUT2D eigenvalue weighted by molar-refractivity contribution is -0.123. The van der Waals surface area contributed by atoms with Crippen molar-refractivity contribution in [1.82, 2.24) is 5.32 Å². The molecule has 7 heteroatoms. The molecule has 27 heavy (non-hydrogen) atoms. The maximum absolute atomic E-state index is 12.1. The summed E-state index contributed by atoms with van der Waals surface area (Å²) < 4.78 is 10.7. The fourth-order valence-electron chi connectivity index (χ4n) is 2.69. The molecule has 0 bridgehead atoms. The highest BCUT2D eigenvalue weighted by molar-refractivity contribution is 6.30. The van der Waals surface area contributed by atoms with E-state index in [4.69, 9.17) is 21.1 Å². The summed E-state index contributed by atoms with van der Waals surface area (Å²) in [7, 11) is 0. The van der Waals surface area contributed by atoms with Crippen molar-refractivity contribution in [3.8, 4) is 5.75 Å². The molecule has 0 spiro atoms. The van der Waals surface area contributed by atoms with E-state index in [2.05, 4.69) is 5.32 Å². The number of nitrogens with one attached hydrogen (secondary N) is 1. The van der Waals surface area contributed by atoms with E-state index in [1.54, 1.807) is 29.2 Å². The molecule has 2 aromatic carbocycles. The van der Waals surface area contributed by atoms with E-state index < -0.39 is 12.2 Å². The molecule has 3 rings (SSSR count). The number of halogens is 1. The zero-order chi connectivity index (χ0) is 19.4. The zero-order valence-corrected chi connectivity index (χ0v) is 16.0. The van der Waals surface area contributed by atoms with Crippen molar-refractivity contribution in [2.45, 2.75) is 20.0 Å². The van der Waals surface area contributed by atoms with Crippen LogP contribution in [0, 0.1) is 13.8 Å². The standard InChI is InChI=1S/C20H21ClN2O4/c1-13-3-6-16(9-14(13)2)23-11-18(27-20(23)25)10-22-19(24)12-26-17-7-4-15(21)5-8-17/h3-9,18H,10-12H2,1-2H3,(H,22,24). The van der Waals surface area contributed by atoms with E-state index in [0.29, 0.717) is 17.3 Å². The topological polar surface area (TPSA) is 67.9 Å². The predicted octanol–water partition coefficient (Wildman–Crippen LogP) is 3.48. The van der Waals surface area contributed by atoms with Gasteiger partial charge in [-0.05, 0) is 61.4 Å². The molecule has 1 N–H and O–H groups in total. The number of aryl methyl sites for hydroxylation is 2. The lowest BCUT2D eigenvalue weighted by Crippen LogP contribution is -2.37. The molecule has 1 saturated heterocycles. The molecule has 2 aromatic rings. The third-order valence-electron chi connectivity index (χ3n) is 4.39. The Kier molecular flexibility index (Phi) is 5.86. The summed E-state index contributed by atoms with van der Waals surface area (Å²) in [5.41, 5.74) is 3.07. The third-order valence-corrected chi connectivity index (χ3v) is 4.64. The number of cyclic esters (lactones) is 1. The van der Waals surface area contributed by atoms with E-state index in [0.717, 1.165) is 16.8 Å². The Balaban J connectivity index is 1.47. The number of nitrogens with zero attached hydrogens (tertiary/aromatic N) is 1. The van der Waals surface area contributed by atoms with E-state index >= 15 is 0 Å². The third kappa shape index (κ3) is 4.92. The molecule has 1 aliphatic rings. The lowest BCUT2D eigenvalue weighted by atomic mass is 10.1. The van der Waals surface area contributed by atoms with Crippen LogP contribution in [0.5, 0.6) is 5.75 Å². The first kappa shape index (κ1) is 19.0. The Morgan fingerprint density at radius 2 is 1.96 bits per heavy atom. The summed E-state index contributed by atoms with van der Waals surface area (Å²) in [5.74, 6) is 0.272. The van der Waals surface area contributed by atoms with Gasteiger partial charge in [-0.15, -0.1) is 0 Å². The van der Waals surface area contributed by atoms with E-state index in [9.17, 15) is 9.59 Å². The number of ether oxygens (including phenoxy) is 2. The normalized spacial score (nSPS) is 16.2. The molecule has 1 fully saturated rings. The number of hydrogen-bond acceptors (Lipinski definition) is 4. The van der Waals surface area contributed by atoms with Gasteiger partial charge in [-0.25, -0.2) is 4.79 Å². The first-order chi connectivity index (χ1) is 12.9. The Labute approximate surface area is 163 Å². The minimum absolute atomic E-state index is 0.122. The number of anilines is 1. The van der Waals surface area contributed by atoms with Crippen molar-refractivity contribution in [2.75, 3.05) is 24.6 Å². The smallest absolute Gasteiger partial charge is 0.414 e. The van der Waals surface area contributed by atoms with Crippen molar-refractivity contribution in [1.29, 1.82) is 0 Å². The van der Waals surface area contributed by atoms with Gasteiger partial charge in [0.05, 0.1) is 13.1 Å². The van der Waals surface area contributed by atoms with Gasteiger partial charge in [0.1, 0.15) is 11.9 Å². The van der Waals surface area contributed by atoms with Crippen molar-refractivity contribution in [3.05, 3.63) is 58.6 Å². The molecule has 0 aromatic heterocycles. The molecule has 1 heterocycles. The Bertz CT molecular complexity index is 838. The Morgan fingerprint density at radius 1 is 1.22 bits per heavy atom. The summed E-state index contributed by atoms with van der Waals surface area (Å²) in [6.07, 6.45) is -0.812. The summed E-state index contributed by atoms with van der Waals surface area (Å²) in [6.45, 7) is 4.52. The SMILES string of the molecule is Cc1ccc(N2CC(CNC(=O)COc3ccc(Cl)cc3)OC2=O)cc1C. The fourth-order valence-corrected chi connectivity index (χ4v) is 2.82. The number of carbonyl (C=O) groups excluding carboxylic acids is 2. The first-order valence-electron chi connectivity index (χ1n) is 8.63. The van der Waals surface area contributed by atoms with E-state index in [1.807, 2.05) is 32.0 Å². The quantitative estimate of drug-likeness (QED) is 0.822. The van der Waals surface area contributed by atoms with Crippen LogP contribution in [0.3, 0.4) is 0 Å². The zero-order valence-electron chi connectivity index (χ0n) is 15.2. The maximum Gasteiger partial charge on any atom is 0.414 e.